The van der Waals surface area contributed by atoms with E-state index in [0.717, 1.165) is 59.0 Å². The Morgan fingerprint density at radius 3 is 2.23 bits per heavy atom. The van der Waals surface area contributed by atoms with Crippen LogP contribution in [0.4, 0.5) is 5.82 Å². The van der Waals surface area contributed by atoms with Gasteiger partial charge in [0.05, 0.1) is 49.5 Å². The first-order valence-electron chi connectivity index (χ1n) is 18.9. The molecule has 0 bridgehead atoms. The summed E-state index contributed by atoms with van der Waals surface area (Å²) in [7, 11) is 8.86. The van der Waals surface area contributed by atoms with Gasteiger partial charge in [0.25, 0.3) is 17.4 Å². The van der Waals surface area contributed by atoms with Gasteiger partial charge in [-0.15, -0.1) is 0 Å². The van der Waals surface area contributed by atoms with E-state index >= 15 is 0 Å². The van der Waals surface area contributed by atoms with E-state index in [4.69, 9.17) is 18.9 Å². The smallest absolute Gasteiger partial charge is 0.262 e. The zero-order chi connectivity index (χ0) is 40.2. The molecule has 0 radical (unpaired) electrons. The maximum atomic E-state index is 13.3. The van der Waals surface area contributed by atoms with Crippen LogP contribution in [0.25, 0.3) is 21.9 Å². The Bertz CT molecular complexity index is 2340. The number of ether oxygens (including phenoxy) is 4. The number of anilines is 1. The lowest BCUT2D eigenvalue weighted by molar-refractivity contribution is -0.164. The molecule has 1 atom stereocenters. The molecule has 4 aliphatic heterocycles. The van der Waals surface area contributed by atoms with E-state index < -0.39 is 29.7 Å². The largest absolute Gasteiger partial charge is 0.496 e. The Morgan fingerprint density at radius 1 is 0.895 bits per heavy atom. The molecule has 0 spiro atoms. The van der Waals surface area contributed by atoms with Crippen LogP contribution in [0.1, 0.15) is 39.1 Å². The van der Waals surface area contributed by atoms with E-state index in [1.54, 1.807) is 50.2 Å². The van der Waals surface area contributed by atoms with Crippen LogP contribution in [0.2, 0.25) is 0 Å². The highest BCUT2D eigenvalue weighted by Gasteiger charge is 2.47. The summed E-state index contributed by atoms with van der Waals surface area (Å²) in [4.78, 5) is 75.7. The van der Waals surface area contributed by atoms with E-state index in [1.807, 2.05) is 43.4 Å². The second-order valence-electron chi connectivity index (χ2n) is 15.2. The minimum Gasteiger partial charge on any atom is -0.496 e. The molecular weight excluding hydrogens is 734 g/mol. The number of pyridine rings is 2. The third-order valence-electron chi connectivity index (χ3n) is 11.5. The number of carbonyl (C=O) groups is 4. The number of benzene rings is 2. The van der Waals surface area contributed by atoms with Crippen molar-refractivity contribution < 1.29 is 38.1 Å². The van der Waals surface area contributed by atoms with Crippen molar-refractivity contribution in [3.63, 3.8) is 0 Å². The first-order valence-corrected chi connectivity index (χ1v) is 18.9. The molecule has 2 aromatic heterocycles. The first kappa shape index (κ1) is 38.1. The molecule has 0 aliphatic carbocycles. The van der Waals surface area contributed by atoms with Crippen molar-refractivity contribution in [1.29, 1.82) is 0 Å². The van der Waals surface area contributed by atoms with Crippen LogP contribution in [0, 0.1) is 0 Å². The number of aromatic nitrogens is 2. The van der Waals surface area contributed by atoms with Crippen LogP contribution in [0.5, 0.6) is 17.2 Å². The minimum atomic E-state index is -1.03. The molecule has 6 heterocycles. The standard InChI is InChI=1S/C41H45N7O9/c1-44(2)35-17-27-29(18-42-35)38(51)45(3)19-30(27)24-14-33(54-4)31(34(15-24)55-5)20-46-10-12-47(13-11-46)41(21-56-22-41)23-57-25-6-7-26-28(16-25)40(53)48(39(26)52)32-8-9-36(49)43-37(32)50/h6-7,14-19,32H,8-13,20-23H2,1-5H3,(H,43,49,50). The molecule has 8 rings (SSSR count). The number of hydrogen-bond acceptors (Lipinski definition) is 13. The number of fused-ring (bicyclic) bond motifs is 2. The number of nitrogens with zero attached hydrogens (tertiary/aromatic N) is 6. The van der Waals surface area contributed by atoms with Crippen LogP contribution >= 0.6 is 0 Å². The van der Waals surface area contributed by atoms with Gasteiger partial charge in [-0.25, -0.2) is 4.98 Å². The molecule has 2 aromatic carbocycles. The Kier molecular flexibility index (Phi) is 9.96. The number of carbonyl (C=O) groups excluding carboxylic acids is 4. The van der Waals surface area contributed by atoms with Crippen LogP contribution in [0.3, 0.4) is 0 Å². The second-order valence-corrected chi connectivity index (χ2v) is 15.2. The molecule has 3 fully saturated rings. The maximum absolute atomic E-state index is 13.3. The van der Waals surface area contributed by atoms with Gasteiger partial charge in [-0.05, 0) is 48.4 Å². The lowest BCUT2D eigenvalue weighted by Gasteiger charge is -2.51. The Hall–Kier alpha value is -5.84. The lowest BCUT2D eigenvalue weighted by atomic mass is 9.94. The van der Waals surface area contributed by atoms with Crippen molar-refractivity contribution in [2.75, 3.05) is 79.2 Å². The summed E-state index contributed by atoms with van der Waals surface area (Å²) in [6, 6.07) is 9.66. The summed E-state index contributed by atoms with van der Waals surface area (Å²) < 4.78 is 25.5. The van der Waals surface area contributed by atoms with Crippen LogP contribution in [-0.4, -0.2) is 134 Å². The third-order valence-corrected chi connectivity index (χ3v) is 11.5. The number of methoxy groups -OCH3 is 2. The predicted molar refractivity (Wildman–Crippen MR) is 209 cm³/mol. The second kappa shape index (κ2) is 14.9. The molecule has 298 valence electrons. The zero-order valence-corrected chi connectivity index (χ0v) is 32.6. The quantitative estimate of drug-likeness (QED) is 0.220. The van der Waals surface area contributed by atoms with Gasteiger partial charge < -0.3 is 28.4 Å². The Balaban J connectivity index is 0.946. The molecule has 16 heteroatoms. The van der Waals surface area contributed by atoms with Crippen molar-refractivity contribution >= 4 is 40.2 Å². The molecule has 0 saturated carbocycles. The summed E-state index contributed by atoms with van der Waals surface area (Å²) in [6.45, 7) is 4.97. The number of hydrogen-bond donors (Lipinski definition) is 1. The first-order chi connectivity index (χ1) is 27.4. The third kappa shape index (κ3) is 6.76. The van der Waals surface area contributed by atoms with E-state index in [1.165, 1.54) is 0 Å². The fourth-order valence-corrected chi connectivity index (χ4v) is 8.18. The number of rotatable bonds is 11. The topological polar surface area (TPSA) is 165 Å². The SMILES string of the molecule is COc1cc(-c2cn(C)c(=O)c3cnc(N(C)C)cc23)cc(OC)c1CN1CCN(C2(COc3ccc4c(c3)C(=O)N(C3CCC(=O)NC3=O)C4=O)COC2)CC1. The van der Waals surface area contributed by atoms with Crippen LogP contribution in [-0.2, 0) is 27.9 Å². The average molecular weight is 780 g/mol. The van der Waals surface area contributed by atoms with Gasteiger partial charge in [0.2, 0.25) is 11.8 Å². The van der Waals surface area contributed by atoms with Gasteiger partial charge >= 0.3 is 0 Å². The van der Waals surface area contributed by atoms with Crippen LogP contribution < -0.4 is 30.0 Å². The summed E-state index contributed by atoms with van der Waals surface area (Å²) in [5.41, 5.74) is 2.53. The number of imide groups is 2. The lowest BCUT2D eigenvalue weighted by Crippen LogP contribution is -2.68. The number of piperidine rings is 1. The molecule has 4 amide bonds. The number of piperazine rings is 1. The number of amides is 4. The Labute approximate surface area is 328 Å². The number of nitrogens with one attached hydrogen (secondary N) is 1. The number of aryl methyl sites for hydroxylation is 1. The van der Waals surface area contributed by atoms with Gasteiger partial charge in [0, 0.05) is 83.6 Å². The zero-order valence-electron chi connectivity index (χ0n) is 32.6. The fourth-order valence-electron chi connectivity index (χ4n) is 8.18. The molecule has 4 aromatic rings. The molecule has 16 nitrogen and oxygen atoms in total. The summed E-state index contributed by atoms with van der Waals surface area (Å²) in [6.07, 6.45) is 3.61. The van der Waals surface area contributed by atoms with E-state index in [9.17, 15) is 24.0 Å². The minimum absolute atomic E-state index is 0.0557. The van der Waals surface area contributed by atoms with Gasteiger partial charge in [0.15, 0.2) is 0 Å². The molecule has 3 saturated heterocycles. The van der Waals surface area contributed by atoms with E-state index in [2.05, 4.69) is 20.1 Å². The van der Waals surface area contributed by atoms with Crippen molar-refractivity contribution in [2.45, 2.75) is 31.0 Å². The molecule has 4 aliphatic rings. The Morgan fingerprint density at radius 2 is 1.60 bits per heavy atom. The van der Waals surface area contributed by atoms with Crippen LogP contribution in [0.15, 0.2) is 53.6 Å². The van der Waals surface area contributed by atoms with E-state index in [0.29, 0.717) is 49.0 Å². The fraction of sp³-hybridized carbons (Fsp3) is 0.415. The highest BCUT2D eigenvalue weighted by atomic mass is 16.5. The maximum Gasteiger partial charge on any atom is 0.262 e. The normalized spacial score (nSPS) is 19.7. The summed E-state index contributed by atoms with van der Waals surface area (Å²) in [5.74, 6) is 0.343. The van der Waals surface area contributed by atoms with Crippen molar-refractivity contribution in [3.8, 4) is 28.4 Å². The summed E-state index contributed by atoms with van der Waals surface area (Å²) >= 11 is 0. The monoisotopic (exact) mass is 779 g/mol. The van der Waals surface area contributed by atoms with Gasteiger partial charge in [-0.1, -0.05) is 0 Å². The molecular formula is C41H45N7O9. The van der Waals surface area contributed by atoms with Crippen molar-refractivity contribution in [3.05, 3.63) is 75.8 Å². The van der Waals surface area contributed by atoms with Gasteiger partial charge in [-0.3, -0.25) is 44.0 Å². The van der Waals surface area contributed by atoms with Crippen molar-refractivity contribution in [1.82, 2.24) is 29.6 Å². The van der Waals surface area contributed by atoms with Gasteiger partial charge in [0.1, 0.15) is 41.3 Å². The highest BCUT2D eigenvalue weighted by molar-refractivity contribution is 6.23. The van der Waals surface area contributed by atoms with Crippen molar-refractivity contribution in [2.24, 2.45) is 7.05 Å². The average Bonchev–Trinajstić information content (AvgIpc) is 3.43. The highest BCUT2D eigenvalue weighted by Crippen LogP contribution is 2.39. The molecule has 1 unspecified atom stereocenters. The summed E-state index contributed by atoms with van der Waals surface area (Å²) in [5, 5.41) is 3.54. The predicted octanol–water partition coefficient (Wildman–Crippen LogP) is 2.05. The molecule has 57 heavy (non-hydrogen) atoms. The van der Waals surface area contributed by atoms with E-state index in [-0.39, 0.29) is 35.1 Å². The van der Waals surface area contributed by atoms with Gasteiger partial charge in [-0.2, -0.15) is 0 Å². The molecule has 1 N–H and O–H groups in total.